The molecular formula is C7H15O5P. The SMILES string of the molecule is CCCC(=O)OCP(=O)(OC)OC. The number of hydrogen-bond acceptors (Lipinski definition) is 5. The van der Waals surface area contributed by atoms with Gasteiger partial charge in [-0.15, -0.1) is 0 Å². The summed E-state index contributed by atoms with van der Waals surface area (Å²) in [6, 6.07) is 0. The van der Waals surface area contributed by atoms with Gasteiger partial charge in [-0.05, 0) is 6.42 Å². The van der Waals surface area contributed by atoms with E-state index in [2.05, 4.69) is 13.8 Å². The van der Waals surface area contributed by atoms with Crippen LogP contribution in [0.3, 0.4) is 0 Å². The second-order valence-corrected chi connectivity index (χ2v) is 4.58. The van der Waals surface area contributed by atoms with Gasteiger partial charge in [-0.3, -0.25) is 9.36 Å². The molecule has 0 fully saturated rings. The molecule has 0 radical (unpaired) electrons. The van der Waals surface area contributed by atoms with Gasteiger partial charge in [-0.2, -0.15) is 0 Å². The zero-order valence-corrected chi connectivity index (χ0v) is 9.00. The van der Waals surface area contributed by atoms with Gasteiger partial charge >= 0.3 is 13.6 Å². The van der Waals surface area contributed by atoms with Crippen LogP contribution in [0.5, 0.6) is 0 Å². The smallest absolute Gasteiger partial charge is 0.367 e. The summed E-state index contributed by atoms with van der Waals surface area (Å²) in [5.41, 5.74) is 0. The van der Waals surface area contributed by atoms with Crippen molar-refractivity contribution in [3.05, 3.63) is 0 Å². The molecule has 0 spiro atoms. The van der Waals surface area contributed by atoms with Crippen molar-refractivity contribution in [2.24, 2.45) is 0 Å². The summed E-state index contributed by atoms with van der Waals surface area (Å²) in [7, 11) is -0.706. The summed E-state index contributed by atoms with van der Waals surface area (Å²) in [6.45, 7) is 1.85. The molecular weight excluding hydrogens is 195 g/mol. The van der Waals surface area contributed by atoms with Gasteiger partial charge < -0.3 is 13.8 Å². The van der Waals surface area contributed by atoms with Crippen LogP contribution in [0.25, 0.3) is 0 Å². The number of carbonyl (C=O) groups is 1. The normalized spacial score (nSPS) is 11.3. The number of hydrogen-bond donors (Lipinski definition) is 0. The van der Waals surface area contributed by atoms with Gasteiger partial charge in [0.05, 0.1) is 0 Å². The van der Waals surface area contributed by atoms with Gasteiger partial charge in [0, 0.05) is 20.6 Å². The first-order valence-electron chi connectivity index (χ1n) is 3.94. The minimum absolute atomic E-state index is 0.313. The minimum atomic E-state index is -3.20. The van der Waals surface area contributed by atoms with Gasteiger partial charge in [0.2, 0.25) is 0 Å². The molecule has 0 atom stereocenters. The van der Waals surface area contributed by atoms with E-state index in [-0.39, 0.29) is 6.35 Å². The van der Waals surface area contributed by atoms with Crippen LogP contribution in [0, 0.1) is 0 Å². The lowest BCUT2D eigenvalue weighted by Gasteiger charge is -2.12. The summed E-state index contributed by atoms with van der Waals surface area (Å²) in [4.78, 5) is 10.9. The second kappa shape index (κ2) is 6.13. The van der Waals surface area contributed by atoms with Crippen molar-refractivity contribution in [1.29, 1.82) is 0 Å². The molecule has 6 heteroatoms. The highest BCUT2D eigenvalue weighted by atomic mass is 31.2. The Bertz CT molecular complexity index is 195. The fraction of sp³-hybridized carbons (Fsp3) is 0.857. The van der Waals surface area contributed by atoms with E-state index in [9.17, 15) is 9.36 Å². The zero-order valence-electron chi connectivity index (χ0n) is 8.11. The van der Waals surface area contributed by atoms with Crippen molar-refractivity contribution in [1.82, 2.24) is 0 Å². The van der Waals surface area contributed by atoms with Crippen LogP contribution in [-0.2, 0) is 23.1 Å². The van der Waals surface area contributed by atoms with Gasteiger partial charge in [0.25, 0.3) is 0 Å². The van der Waals surface area contributed by atoms with E-state index in [1.165, 1.54) is 14.2 Å². The maximum Gasteiger partial charge on any atom is 0.367 e. The molecule has 0 heterocycles. The fourth-order valence-corrected chi connectivity index (χ4v) is 1.27. The predicted molar refractivity (Wildman–Crippen MR) is 47.5 cm³/mol. The Balaban J connectivity index is 3.86. The molecule has 0 aliphatic rings. The summed E-state index contributed by atoms with van der Waals surface area (Å²) >= 11 is 0. The molecule has 0 aliphatic heterocycles. The standard InChI is InChI=1S/C7H15O5P/c1-4-5-7(8)12-6-13(9,10-2)11-3/h4-6H2,1-3H3. The van der Waals surface area contributed by atoms with Gasteiger partial charge in [-0.25, -0.2) is 0 Å². The average molecular weight is 210 g/mol. The van der Waals surface area contributed by atoms with E-state index < -0.39 is 13.6 Å². The Morgan fingerprint density at radius 2 is 1.85 bits per heavy atom. The molecule has 0 aromatic rings. The Morgan fingerprint density at radius 1 is 1.31 bits per heavy atom. The summed E-state index contributed by atoms with van der Waals surface area (Å²) in [5, 5.41) is 0. The van der Waals surface area contributed by atoms with E-state index in [1.807, 2.05) is 6.92 Å². The summed E-state index contributed by atoms with van der Waals surface area (Å²) in [5.74, 6) is -0.392. The van der Waals surface area contributed by atoms with Crippen LogP contribution < -0.4 is 0 Å². The highest BCUT2D eigenvalue weighted by Gasteiger charge is 2.23. The van der Waals surface area contributed by atoms with Crippen LogP contribution in [0.1, 0.15) is 19.8 Å². The predicted octanol–water partition coefficient (Wildman–Crippen LogP) is 1.77. The molecule has 0 rings (SSSR count). The molecule has 0 saturated carbocycles. The summed E-state index contributed by atoms with van der Waals surface area (Å²) < 4.78 is 25.2. The van der Waals surface area contributed by atoms with Gasteiger partial charge in [-0.1, -0.05) is 6.92 Å². The quantitative estimate of drug-likeness (QED) is 0.494. The van der Waals surface area contributed by atoms with Crippen LogP contribution in [0.4, 0.5) is 0 Å². The second-order valence-electron chi connectivity index (χ2n) is 2.37. The van der Waals surface area contributed by atoms with Crippen LogP contribution in [0.15, 0.2) is 0 Å². The third-order valence-corrected chi connectivity index (χ3v) is 2.95. The van der Waals surface area contributed by atoms with Crippen molar-refractivity contribution in [3.8, 4) is 0 Å². The van der Waals surface area contributed by atoms with Gasteiger partial charge in [0.15, 0.2) is 6.35 Å². The number of esters is 1. The number of ether oxygens (including phenoxy) is 1. The van der Waals surface area contributed by atoms with E-state index in [0.29, 0.717) is 12.8 Å². The van der Waals surface area contributed by atoms with Crippen LogP contribution in [0.2, 0.25) is 0 Å². The third-order valence-electron chi connectivity index (χ3n) is 1.39. The first kappa shape index (κ1) is 12.6. The molecule has 5 nitrogen and oxygen atoms in total. The molecule has 0 bridgehead atoms. The third kappa shape index (κ3) is 5.03. The van der Waals surface area contributed by atoms with E-state index in [4.69, 9.17) is 0 Å². The Kier molecular flexibility index (Phi) is 5.95. The summed E-state index contributed by atoms with van der Waals surface area (Å²) in [6.07, 6.45) is 0.690. The lowest BCUT2D eigenvalue weighted by Crippen LogP contribution is -2.07. The maximum atomic E-state index is 11.3. The molecule has 0 aliphatic carbocycles. The highest BCUT2D eigenvalue weighted by molar-refractivity contribution is 7.53. The van der Waals surface area contributed by atoms with Crippen molar-refractivity contribution >= 4 is 13.6 Å². The molecule has 78 valence electrons. The van der Waals surface area contributed by atoms with Crippen molar-refractivity contribution < 1.29 is 23.1 Å². The molecule has 0 unspecified atom stereocenters. The number of carbonyl (C=O) groups excluding carboxylic acids is 1. The van der Waals surface area contributed by atoms with Crippen molar-refractivity contribution in [2.45, 2.75) is 19.8 Å². The van der Waals surface area contributed by atoms with Gasteiger partial charge in [0.1, 0.15) is 0 Å². The Morgan fingerprint density at radius 3 is 2.23 bits per heavy atom. The monoisotopic (exact) mass is 210 g/mol. The van der Waals surface area contributed by atoms with Crippen LogP contribution in [-0.4, -0.2) is 26.5 Å². The first-order valence-corrected chi connectivity index (χ1v) is 5.67. The maximum absolute atomic E-state index is 11.3. The Hall–Kier alpha value is -0.380. The minimum Gasteiger partial charge on any atom is -0.453 e. The molecule has 0 aromatic carbocycles. The lowest BCUT2D eigenvalue weighted by molar-refractivity contribution is -0.142. The fourth-order valence-electron chi connectivity index (χ4n) is 0.607. The average Bonchev–Trinajstić information content (AvgIpc) is 2.15. The van der Waals surface area contributed by atoms with Crippen molar-refractivity contribution in [2.75, 3.05) is 20.6 Å². The molecule has 0 amide bonds. The lowest BCUT2D eigenvalue weighted by atomic mass is 10.3. The van der Waals surface area contributed by atoms with E-state index in [1.54, 1.807) is 0 Å². The Labute approximate surface area is 77.9 Å². The largest absolute Gasteiger partial charge is 0.453 e. The molecule has 13 heavy (non-hydrogen) atoms. The number of rotatable bonds is 6. The molecule has 0 aromatic heterocycles. The molecule has 0 N–H and O–H groups in total. The van der Waals surface area contributed by atoms with Crippen LogP contribution >= 0.6 is 7.60 Å². The first-order chi connectivity index (χ1) is 6.08. The zero-order chi connectivity index (χ0) is 10.3. The topological polar surface area (TPSA) is 61.8 Å². The van der Waals surface area contributed by atoms with E-state index >= 15 is 0 Å². The van der Waals surface area contributed by atoms with Crippen molar-refractivity contribution in [3.63, 3.8) is 0 Å². The molecule has 0 saturated heterocycles. The highest BCUT2D eigenvalue weighted by Crippen LogP contribution is 2.46. The van der Waals surface area contributed by atoms with E-state index in [0.717, 1.165) is 0 Å².